The van der Waals surface area contributed by atoms with E-state index in [1.807, 2.05) is 121 Å². The maximum absolute atomic E-state index is 13.3. The number of carbonyl (C=O) groups is 1. The van der Waals surface area contributed by atoms with Gasteiger partial charge in [0.1, 0.15) is 11.7 Å². The molecule has 1 N–H and O–H groups in total. The van der Waals surface area contributed by atoms with Crippen molar-refractivity contribution in [3.63, 3.8) is 0 Å². The molecule has 1 heterocycles. The van der Waals surface area contributed by atoms with Crippen LogP contribution in [0.15, 0.2) is 131 Å². The molecule has 7 rings (SSSR count). The summed E-state index contributed by atoms with van der Waals surface area (Å²) >= 11 is 0. The molecule has 1 atom stereocenters. The number of anilines is 3. The number of nitrogens with zero attached hydrogens (tertiary/aromatic N) is 1. The van der Waals surface area contributed by atoms with E-state index in [1.54, 1.807) is 6.08 Å². The standard InChI is InChI=1S/C34H23NO3/c36-33-28-19-23-9-7-8-10-24(23)20-29(28)34(37)30(33)17-22-15-16-25-21-32(38-31(25)18-22)35(26-11-3-1-4-12-26)27-13-5-2-6-14-27/h1-21,33,36H/b30-17-. The summed E-state index contributed by atoms with van der Waals surface area (Å²) in [6, 6.07) is 39.7. The van der Waals surface area contributed by atoms with Gasteiger partial charge in [0.2, 0.25) is 5.88 Å². The van der Waals surface area contributed by atoms with Crippen LogP contribution in [0.3, 0.4) is 0 Å². The van der Waals surface area contributed by atoms with Crippen molar-refractivity contribution in [1.29, 1.82) is 0 Å². The van der Waals surface area contributed by atoms with Crippen LogP contribution in [-0.4, -0.2) is 10.9 Å². The van der Waals surface area contributed by atoms with E-state index in [0.29, 0.717) is 28.2 Å². The van der Waals surface area contributed by atoms with Crippen molar-refractivity contribution < 1.29 is 14.3 Å². The highest BCUT2D eigenvalue weighted by molar-refractivity contribution is 6.18. The number of Topliss-reactive ketones (excluding diaryl/α,β-unsaturated/α-hetero) is 1. The van der Waals surface area contributed by atoms with Gasteiger partial charge in [-0.2, -0.15) is 0 Å². The van der Waals surface area contributed by atoms with Crippen LogP contribution in [0.5, 0.6) is 0 Å². The molecular weight excluding hydrogens is 470 g/mol. The minimum atomic E-state index is -0.961. The molecule has 38 heavy (non-hydrogen) atoms. The molecule has 0 radical (unpaired) electrons. The van der Waals surface area contributed by atoms with Crippen LogP contribution in [0.1, 0.15) is 27.6 Å². The molecule has 1 aliphatic carbocycles. The maximum Gasteiger partial charge on any atom is 0.205 e. The second-order valence-electron chi connectivity index (χ2n) is 9.51. The van der Waals surface area contributed by atoms with Gasteiger partial charge in [0.05, 0.1) is 0 Å². The van der Waals surface area contributed by atoms with E-state index >= 15 is 0 Å². The summed E-state index contributed by atoms with van der Waals surface area (Å²) < 4.78 is 6.36. The van der Waals surface area contributed by atoms with Gasteiger partial charge in [-0.15, -0.1) is 0 Å². The van der Waals surface area contributed by atoms with E-state index in [-0.39, 0.29) is 5.78 Å². The molecule has 4 heteroatoms. The van der Waals surface area contributed by atoms with Gasteiger partial charge in [0.25, 0.3) is 0 Å². The van der Waals surface area contributed by atoms with Crippen LogP contribution in [0, 0.1) is 0 Å². The molecular formula is C34H23NO3. The summed E-state index contributed by atoms with van der Waals surface area (Å²) in [5.74, 6) is 0.552. The Morgan fingerprint density at radius 1 is 0.684 bits per heavy atom. The molecule has 0 saturated heterocycles. The SMILES string of the molecule is O=C1/C(=C\c2ccc3cc(N(c4ccccc4)c4ccccc4)oc3c2)C(O)c2cc3ccccc3cc21. The fourth-order valence-electron chi connectivity index (χ4n) is 5.24. The van der Waals surface area contributed by atoms with Gasteiger partial charge >= 0.3 is 0 Å². The lowest BCUT2D eigenvalue weighted by molar-refractivity contribution is 0.102. The maximum atomic E-state index is 13.3. The van der Waals surface area contributed by atoms with Gasteiger partial charge in [-0.05, 0) is 70.4 Å². The van der Waals surface area contributed by atoms with Crippen LogP contribution >= 0.6 is 0 Å². The highest BCUT2D eigenvalue weighted by atomic mass is 16.4. The average Bonchev–Trinajstić information content (AvgIpc) is 3.47. The summed E-state index contributed by atoms with van der Waals surface area (Å²) in [6.45, 7) is 0. The smallest absolute Gasteiger partial charge is 0.205 e. The second kappa shape index (κ2) is 8.87. The Labute approximate surface area is 219 Å². The summed E-state index contributed by atoms with van der Waals surface area (Å²) in [5, 5.41) is 14.0. The minimum Gasteiger partial charge on any atom is -0.440 e. The molecule has 0 bridgehead atoms. The van der Waals surface area contributed by atoms with Crippen molar-refractivity contribution >= 4 is 50.9 Å². The van der Waals surface area contributed by atoms with E-state index in [4.69, 9.17) is 4.42 Å². The van der Waals surface area contributed by atoms with Crippen molar-refractivity contribution in [2.45, 2.75) is 6.10 Å². The fraction of sp³-hybridized carbons (Fsp3) is 0.0294. The quantitative estimate of drug-likeness (QED) is 0.251. The van der Waals surface area contributed by atoms with Gasteiger partial charge in [0, 0.05) is 34.0 Å². The summed E-state index contributed by atoms with van der Waals surface area (Å²) in [4.78, 5) is 15.3. The van der Waals surface area contributed by atoms with Gasteiger partial charge in [-0.1, -0.05) is 72.8 Å². The van der Waals surface area contributed by atoms with Gasteiger partial charge in [0.15, 0.2) is 5.78 Å². The Kier molecular flexibility index (Phi) is 5.20. The Bertz CT molecular complexity index is 1810. The molecule has 0 fully saturated rings. The van der Waals surface area contributed by atoms with Crippen LogP contribution in [-0.2, 0) is 0 Å². The van der Waals surface area contributed by atoms with Crippen molar-refractivity contribution in [3.8, 4) is 0 Å². The predicted molar refractivity (Wildman–Crippen MR) is 152 cm³/mol. The zero-order valence-corrected chi connectivity index (χ0v) is 20.4. The summed E-state index contributed by atoms with van der Waals surface area (Å²) in [5.41, 5.74) is 5.07. The monoisotopic (exact) mass is 493 g/mol. The van der Waals surface area contributed by atoms with Crippen molar-refractivity contribution in [1.82, 2.24) is 0 Å². The number of hydrogen-bond acceptors (Lipinski definition) is 4. The Balaban J connectivity index is 1.28. The summed E-state index contributed by atoms with van der Waals surface area (Å²) in [6.07, 6.45) is 0.808. The predicted octanol–water partition coefficient (Wildman–Crippen LogP) is 8.37. The van der Waals surface area contributed by atoms with Crippen LogP contribution in [0.25, 0.3) is 27.8 Å². The third-order valence-electron chi connectivity index (χ3n) is 7.12. The average molecular weight is 494 g/mol. The van der Waals surface area contributed by atoms with Crippen LogP contribution < -0.4 is 4.90 Å². The minimum absolute atomic E-state index is 0.141. The lowest BCUT2D eigenvalue weighted by atomic mass is 10.0. The number of carbonyl (C=O) groups excluding carboxylic acids is 1. The molecule has 1 aromatic heterocycles. The number of para-hydroxylation sites is 2. The zero-order chi connectivity index (χ0) is 25.6. The van der Waals surface area contributed by atoms with Crippen molar-refractivity contribution in [2.75, 3.05) is 4.90 Å². The summed E-state index contributed by atoms with van der Waals surface area (Å²) in [7, 11) is 0. The number of hydrogen-bond donors (Lipinski definition) is 1. The fourth-order valence-corrected chi connectivity index (χ4v) is 5.24. The highest BCUT2D eigenvalue weighted by Crippen LogP contribution is 2.40. The van der Waals surface area contributed by atoms with Crippen LogP contribution in [0.4, 0.5) is 17.3 Å². The Morgan fingerprint density at radius 3 is 2.00 bits per heavy atom. The molecule has 0 spiro atoms. The molecule has 5 aromatic carbocycles. The lowest BCUT2D eigenvalue weighted by Gasteiger charge is -2.22. The normalized spacial score (nSPS) is 15.9. The number of aliphatic hydroxyl groups is 1. The first kappa shape index (κ1) is 22.3. The Hall–Kier alpha value is -4.93. The van der Waals surface area contributed by atoms with E-state index in [0.717, 1.165) is 33.1 Å². The number of aliphatic hydroxyl groups excluding tert-OH is 1. The largest absolute Gasteiger partial charge is 0.440 e. The molecule has 182 valence electrons. The molecule has 0 saturated carbocycles. The van der Waals surface area contributed by atoms with Gasteiger partial charge in [-0.3, -0.25) is 9.69 Å². The zero-order valence-electron chi connectivity index (χ0n) is 20.4. The second-order valence-corrected chi connectivity index (χ2v) is 9.51. The number of benzene rings is 5. The molecule has 6 aromatic rings. The molecule has 4 nitrogen and oxygen atoms in total. The highest BCUT2D eigenvalue weighted by Gasteiger charge is 2.33. The molecule has 1 unspecified atom stereocenters. The number of ketones is 1. The number of rotatable bonds is 4. The van der Waals surface area contributed by atoms with E-state index in [2.05, 4.69) is 4.90 Å². The van der Waals surface area contributed by atoms with Crippen molar-refractivity contribution in [2.24, 2.45) is 0 Å². The first-order valence-electron chi connectivity index (χ1n) is 12.6. The lowest BCUT2D eigenvalue weighted by Crippen LogP contribution is -2.08. The molecule has 0 amide bonds. The first-order chi connectivity index (χ1) is 18.7. The topological polar surface area (TPSA) is 53.7 Å². The molecule has 0 aliphatic heterocycles. The van der Waals surface area contributed by atoms with E-state index in [1.165, 1.54) is 0 Å². The van der Waals surface area contributed by atoms with Gasteiger partial charge in [-0.25, -0.2) is 0 Å². The number of fused-ring (bicyclic) bond motifs is 3. The third-order valence-corrected chi connectivity index (χ3v) is 7.12. The van der Waals surface area contributed by atoms with Crippen LogP contribution in [0.2, 0.25) is 0 Å². The number of furan rings is 1. The molecule has 1 aliphatic rings. The Morgan fingerprint density at radius 2 is 1.32 bits per heavy atom. The van der Waals surface area contributed by atoms with E-state index in [9.17, 15) is 9.90 Å². The van der Waals surface area contributed by atoms with Crippen molar-refractivity contribution in [3.05, 3.63) is 144 Å². The first-order valence-corrected chi connectivity index (χ1v) is 12.6. The third kappa shape index (κ3) is 3.71. The van der Waals surface area contributed by atoms with Gasteiger partial charge < -0.3 is 9.52 Å². The van der Waals surface area contributed by atoms with E-state index < -0.39 is 6.10 Å².